The quantitative estimate of drug-likeness (QED) is 0.659. The highest BCUT2D eigenvalue weighted by atomic mass is 19.1. The maximum Gasteiger partial charge on any atom is 0.147 e. The van der Waals surface area contributed by atoms with Crippen LogP contribution in [0, 0.1) is 0 Å². The van der Waals surface area contributed by atoms with Crippen molar-refractivity contribution in [1.82, 2.24) is 0 Å². The van der Waals surface area contributed by atoms with Crippen LogP contribution < -0.4 is 5.73 Å². The summed E-state index contributed by atoms with van der Waals surface area (Å²) in [6.07, 6.45) is 0. The second kappa shape index (κ2) is 2.52. The van der Waals surface area contributed by atoms with Crippen molar-refractivity contribution in [3.05, 3.63) is 30.0 Å². The van der Waals surface area contributed by atoms with Crippen molar-refractivity contribution >= 4 is 16.7 Å². The predicted octanol–water partition coefficient (Wildman–Crippen LogP) is 2.48. The lowest BCUT2D eigenvalue weighted by atomic mass is 10.2. The fourth-order valence-corrected chi connectivity index (χ4v) is 1.17. The first-order chi connectivity index (χ1) is 5.79. The molecule has 1 aromatic carbocycles. The van der Waals surface area contributed by atoms with Gasteiger partial charge in [-0.3, -0.25) is 0 Å². The van der Waals surface area contributed by atoms with Crippen molar-refractivity contribution in [1.29, 1.82) is 0 Å². The molecule has 0 aliphatic carbocycles. The normalized spacial score (nSPS) is 10.8. The van der Waals surface area contributed by atoms with Gasteiger partial charge >= 0.3 is 0 Å². The minimum atomic E-state index is -0.575. The molecule has 1 aromatic heterocycles. The average molecular weight is 165 g/mol. The third-order valence-corrected chi connectivity index (χ3v) is 1.73. The molecule has 2 N–H and O–H groups in total. The van der Waals surface area contributed by atoms with E-state index >= 15 is 0 Å². The lowest BCUT2D eigenvalue weighted by Gasteiger charge is -1.89. The van der Waals surface area contributed by atoms with Crippen molar-refractivity contribution in [3.63, 3.8) is 0 Å². The third-order valence-electron chi connectivity index (χ3n) is 1.73. The smallest absolute Gasteiger partial charge is 0.147 e. The second-order valence-corrected chi connectivity index (χ2v) is 2.64. The first kappa shape index (κ1) is 7.16. The molecule has 2 nitrogen and oxygen atoms in total. The Balaban J connectivity index is 2.67. The van der Waals surface area contributed by atoms with Crippen LogP contribution in [0.1, 0.15) is 5.76 Å². The number of fused-ring (bicyclic) bond motifs is 1. The average Bonchev–Trinajstić information content (AvgIpc) is 2.46. The summed E-state index contributed by atoms with van der Waals surface area (Å²) in [6.45, 7) is -0.575. The molecule has 2 rings (SSSR count). The topological polar surface area (TPSA) is 39.2 Å². The Morgan fingerprint density at radius 1 is 1.33 bits per heavy atom. The maximum absolute atomic E-state index is 12.1. The minimum Gasteiger partial charge on any atom is -0.458 e. The zero-order valence-corrected chi connectivity index (χ0v) is 6.38. The number of hydrogen-bond acceptors (Lipinski definition) is 2. The fraction of sp³-hybridized carbons (Fsp3) is 0.111. The molecule has 0 atom stereocenters. The van der Waals surface area contributed by atoms with E-state index in [1.807, 2.05) is 6.07 Å². The molecule has 0 unspecified atom stereocenters. The number of furan rings is 1. The lowest BCUT2D eigenvalue weighted by Crippen LogP contribution is -1.80. The Labute approximate surface area is 68.8 Å². The van der Waals surface area contributed by atoms with Crippen LogP contribution in [0.5, 0.6) is 0 Å². The van der Waals surface area contributed by atoms with E-state index in [-0.39, 0.29) is 0 Å². The van der Waals surface area contributed by atoms with Gasteiger partial charge in [-0.25, -0.2) is 4.39 Å². The van der Waals surface area contributed by atoms with Gasteiger partial charge in [-0.05, 0) is 18.2 Å². The van der Waals surface area contributed by atoms with Gasteiger partial charge < -0.3 is 10.2 Å². The molecular formula is C9H8FNO. The van der Waals surface area contributed by atoms with E-state index in [4.69, 9.17) is 10.2 Å². The largest absolute Gasteiger partial charge is 0.458 e. The lowest BCUT2D eigenvalue weighted by molar-refractivity contribution is 0.407. The van der Waals surface area contributed by atoms with Crippen molar-refractivity contribution in [2.75, 3.05) is 5.73 Å². The SMILES string of the molecule is Nc1ccc2cc(CF)oc2c1. The van der Waals surface area contributed by atoms with Gasteiger partial charge in [0.15, 0.2) is 0 Å². The summed E-state index contributed by atoms with van der Waals surface area (Å²) in [5, 5.41) is 0.886. The summed E-state index contributed by atoms with van der Waals surface area (Å²) in [7, 11) is 0. The summed E-state index contributed by atoms with van der Waals surface area (Å²) in [5.74, 6) is 0.343. The van der Waals surface area contributed by atoms with Crippen LogP contribution in [0.4, 0.5) is 10.1 Å². The number of hydrogen-bond donors (Lipinski definition) is 1. The molecule has 0 aliphatic heterocycles. The zero-order valence-electron chi connectivity index (χ0n) is 6.38. The van der Waals surface area contributed by atoms with E-state index in [0.717, 1.165) is 5.39 Å². The molecule has 3 heteroatoms. The highest BCUT2D eigenvalue weighted by Crippen LogP contribution is 2.21. The van der Waals surface area contributed by atoms with Gasteiger partial charge in [-0.2, -0.15) is 0 Å². The summed E-state index contributed by atoms with van der Waals surface area (Å²) in [4.78, 5) is 0. The van der Waals surface area contributed by atoms with E-state index in [9.17, 15) is 4.39 Å². The number of halogens is 1. The molecule has 0 amide bonds. The highest BCUT2D eigenvalue weighted by molar-refractivity contribution is 5.81. The predicted molar refractivity (Wildman–Crippen MR) is 45.4 cm³/mol. The van der Waals surface area contributed by atoms with E-state index < -0.39 is 6.67 Å². The maximum atomic E-state index is 12.1. The molecule has 0 saturated heterocycles. The molecular weight excluding hydrogens is 157 g/mol. The number of nitrogens with two attached hydrogens (primary N) is 1. The first-order valence-electron chi connectivity index (χ1n) is 3.63. The van der Waals surface area contributed by atoms with Gasteiger partial charge in [0.2, 0.25) is 0 Å². The number of anilines is 1. The van der Waals surface area contributed by atoms with Crippen LogP contribution >= 0.6 is 0 Å². The van der Waals surface area contributed by atoms with Gasteiger partial charge in [0, 0.05) is 17.1 Å². The third kappa shape index (κ3) is 1.03. The van der Waals surface area contributed by atoms with Gasteiger partial charge in [0.25, 0.3) is 0 Å². The van der Waals surface area contributed by atoms with Crippen molar-refractivity contribution < 1.29 is 8.81 Å². The van der Waals surface area contributed by atoms with Crippen LogP contribution in [0.2, 0.25) is 0 Å². The monoisotopic (exact) mass is 165 g/mol. The number of benzene rings is 1. The van der Waals surface area contributed by atoms with E-state index in [0.29, 0.717) is 17.0 Å². The Morgan fingerprint density at radius 3 is 2.92 bits per heavy atom. The van der Waals surface area contributed by atoms with Gasteiger partial charge in [-0.1, -0.05) is 0 Å². The van der Waals surface area contributed by atoms with Crippen LogP contribution in [0.25, 0.3) is 11.0 Å². The molecule has 0 bridgehead atoms. The van der Waals surface area contributed by atoms with Gasteiger partial charge in [0.1, 0.15) is 18.0 Å². The van der Waals surface area contributed by atoms with E-state index in [1.54, 1.807) is 18.2 Å². The number of alkyl halides is 1. The molecule has 0 saturated carbocycles. The number of nitrogen functional groups attached to an aromatic ring is 1. The van der Waals surface area contributed by atoms with Crippen molar-refractivity contribution in [2.45, 2.75) is 6.67 Å². The van der Waals surface area contributed by atoms with Crippen LogP contribution in [0.3, 0.4) is 0 Å². The van der Waals surface area contributed by atoms with Crippen LogP contribution in [0.15, 0.2) is 28.7 Å². The molecule has 0 spiro atoms. The van der Waals surface area contributed by atoms with Gasteiger partial charge in [-0.15, -0.1) is 0 Å². The Bertz CT molecular complexity index is 408. The summed E-state index contributed by atoms with van der Waals surface area (Å²) >= 11 is 0. The zero-order chi connectivity index (χ0) is 8.55. The van der Waals surface area contributed by atoms with Crippen molar-refractivity contribution in [2.24, 2.45) is 0 Å². The molecule has 62 valence electrons. The van der Waals surface area contributed by atoms with Crippen LogP contribution in [-0.4, -0.2) is 0 Å². The Morgan fingerprint density at radius 2 is 2.17 bits per heavy atom. The summed E-state index contributed by atoms with van der Waals surface area (Å²) in [5.41, 5.74) is 6.79. The van der Waals surface area contributed by atoms with E-state index in [2.05, 4.69) is 0 Å². The number of rotatable bonds is 1. The fourth-order valence-electron chi connectivity index (χ4n) is 1.17. The molecule has 12 heavy (non-hydrogen) atoms. The Kier molecular flexibility index (Phi) is 1.50. The van der Waals surface area contributed by atoms with Gasteiger partial charge in [0.05, 0.1) is 0 Å². The summed E-state index contributed by atoms with van der Waals surface area (Å²) < 4.78 is 17.3. The molecule has 0 radical (unpaired) electrons. The standard InChI is InChI=1S/C9H8FNO/c10-5-8-3-6-1-2-7(11)4-9(6)12-8/h1-4H,5,11H2. The molecule has 0 fully saturated rings. The van der Waals surface area contributed by atoms with E-state index in [1.165, 1.54) is 0 Å². The van der Waals surface area contributed by atoms with Crippen LogP contribution in [-0.2, 0) is 6.67 Å². The Hall–Kier alpha value is -1.51. The summed E-state index contributed by atoms with van der Waals surface area (Å²) in [6, 6.07) is 6.94. The molecule has 0 aliphatic rings. The van der Waals surface area contributed by atoms with Crippen molar-refractivity contribution in [3.8, 4) is 0 Å². The second-order valence-electron chi connectivity index (χ2n) is 2.64. The first-order valence-corrected chi connectivity index (χ1v) is 3.63. The molecule has 1 heterocycles. The minimum absolute atomic E-state index is 0.343. The molecule has 2 aromatic rings. The highest BCUT2D eigenvalue weighted by Gasteiger charge is 2.02.